The fourth-order valence-corrected chi connectivity index (χ4v) is 14.7. The molecule has 8 aliphatic rings. The first-order valence-electron chi connectivity index (χ1n) is 23.9. The Kier molecular flexibility index (Phi) is 13.7. The molecule has 0 aromatic rings. The zero-order valence-corrected chi connectivity index (χ0v) is 38.6. The van der Waals surface area contributed by atoms with Crippen LogP contribution in [-0.4, -0.2) is 181 Å². The lowest BCUT2D eigenvalue weighted by atomic mass is 9.33. The van der Waals surface area contributed by atoms with E-state index in [1.54, 1.807) is 0 Å². The third kappa shape index (κ3) is 7.89. The van der Waals surface area contributed by atoms with Crippen LogP contribution in [0.25, 0.3) is 0 Å². The van der Waals surface area contributed by atoms with Gasteiger partial charge < -0.3 is 84.6 Å². The molecule has 4 saturated carbocycles. The molecule has 3 saturated heterocycles. The highest BCUT2D eigenvalue weighted by Gasteiger charge is 2.70. The van der Waals surface area contributed by atoms with Crippen molar-refractivity contribution < 1.29 is 89.4 Å². The van der Waals surface area contributed by atoms with Crippen molar-refractivity contribution in [3.05, 3.63) is 11.6 Å². The van der Waals surface area contributed by atoms with Gasteiger partial charge in [-0.2, -0.15) is 0 Å². The van der Waals surface area contributed by atoms with Crippen LogP contribution >= 0.6 is 0 Å². The van der Waals surface area contributed by atoms with Crippen molar-refractivity contribution in [2.24, 2.45) is 50.2 Å². The number of rotatable bonds is 9. The van der Waals surface area contributed by atoms with Crippen molar-refractivity contribution in [2.75, 3.05) is 26.4 Å². The number of fused-ring (bicyclic) bond motifs is 7. The summed E-state index contributed by atoms with van der Waals surface area (Å²) in [5.74, 6) is -0.485. The number of ether oxygens (including phenoxy) is 6. The highest BCUT2D eigenvalue weighted by molar-refractivity contribution is 5.79. The second-order valence-electron chi connectivity index (χ2n) is 22.9. The molecule has 0 radical (unpaired) electrons. The lowest BCUT2D eigenvalue weighted by Gasteiger charge is -2.71. The first-order valence-corrected chi connectivity index (χ1v) is 23.9. The lowest BCUT2D eigenvalue weighted by molar-refractivity contribution is -0.328. The number of esters is 1. The van der Waals surface area contributed by atoms with E-state index in [1.807, 2.05) is 0 Å². The summed E-state index contributed by atoms with van der Waals surface area (Å²) >= 11 is 0. The Morgan fingerprint density at radius 3 is 2.00 bits per heavy atom. The first-order chi connectivity index (χ1) is 30.4. The van der Waals surface area contributed by atoms with Gasteiger partial charge in [0, 0.05) is 5.41 Å². The fourth-order valence-electron chi connectivity index (χ4n) is 14.7. The van der Waals surface area contributed by atoms with Crippen LogP contribution in [0.5, 0.6) is 0 Å². The maximum atomic E-state index is 14.9. The van der Waals surface area contributed by atoms with Gasteiger partial charge >= 0.3 is 5.97 Å². The molecule has 7 fully saturated rings. The summed E-state index contributed by atoms with van der Waals surface area (Å²) in [4.78, 5) is 14.9. The van der Waals surface area contributed by atoms with Gasteiger partial charge in [0.2, 0.25) is 6.29 Å². The summed E-state index contributed by atoms with van der Waals surface area (Å²) in [6.45, 7) is 12.1. The summed E-state index contributed by atoms with van der Waals surface area (Å²) < 4.78 is 35.2. The molecule has 3 aliphatic heterocycles. The Morgan fingerprint density at radius 1 is 0.692 bits per heavy atom. The predicted octanol–water partition coefficient (Wildman–Crippen LogP) is -0.248. The molecule has 0 aromatic carbocycles. The molecule has 23 atom stereocenters. The largest absolute Gasteiger partial charge is 0.432 e. The van der Waals surface area contributed by atoms with Crippen molar-refractivity contribution in [3.8, 4) is 0 Å². The number of hydrogen-bond donors (Lipinski definition) is 11. The quantitative estimate of drug-likeness (QED) is 0.0808. The topological polar surface area (TPSA) is 295 Å². The zero-order valence-electron chi connectivity index (χ0n) is 38.6. The van der Waals surface area contributed by atoms with Crippen LogP contribution < -0.4 is 0 Å². The second kappa shape index (κ2) is 17.8. The van der Waals surface area contributed by atoms with E-state index in [0.29, 0.717) is 25.7 Å². The molecule has 5 aliphatic carbocycles. The van der Waals surface area contributed by atoms with Gasteiger partial charge in [-0.1, -0.05) is 53.2 Å². The molecule has 3 heterocycles. The van der Waals surface area contributed by atoms with Gasteiger partial charge in [0.1, 0.15) is 67.1 Å². The van der Waals surface area contributed by atoms with Crippen LogP contribution in [0.15, 0.2) is 11.6 Å². The minimum atomic E-state index is -1.81. The maximum absolute atomic E-state index is 14.9. The van der Waals surface area contributed by atoms with Crippen molar-refractivity contribution in [1.82, 2.24) is 0 Å². The van der Waals surface area contributed by atoms with E-state index in [4.69, 9.17) is 28.4 Å². The fraction of sp³-hybridized carbons (Fsp3) is 0.936. The normalized spacial score (nSPS) is 54.3. The molecule has 0 bridgehead atoms. The minimum Gasteiger partial charge on any atom is -0.432 e. The number of carbonyl (C=O) groups excluding carboxylic acids is 1. The van der Waals surface area contributed by atoms with Crippen LogP contribution in [0.4, 0.5) is 0 Å². The van der Waals surface area contributed by atoms with Gasteiger partial charge in [0.15, 0.2) is 12.6 Å². The van der Waals surface area contributed by atoms with Gasteiger partial charge in [0.05, 0.1) is 37.9 Å². The summed E-state index contributed by atoms with van der Waals surface area (Å²) in [7, 11) is 0. The van der Waals surface area contributed by atoms with Crippen LogP contribution in [0, 0.1) is 50.2 Å². The van der Waals surface area contributed by atoms with E-state index in [-0.39, 0.29) is 52.6 Å². The Bertz CT molecular complexity index is 1760. The third-order valence-electron chi connectivity index (χ3n) is 19.0. The molecule has 0 amide bonds. The van der Waals surface area contributed by atoms with Crippen LogP contribution in [0.1, 0.15) is 106 Å². The second-order valence-corrected chi connectivity index (χ2v) is 22.9. The Labute approximate surface area is 380 Å². The molecule has 0 spiro atoms. The predicted molar refractivity (Wildman–Crippen MR) is 226 cm³/mol. The van der Waals surface area contributed by atoms with E-state index in [0.717, 1.165) is 38.5 Å². The summed E-state index contributed by atoms with van der Waals surface area (Å²) in [6, 6.07) is 0. The maximum Gasteiger partial charge on any atom is 0.315 e. The highest BCUT2D eigenvalue weighted by atomic mass is 16.7. The molecule has 0 aromatic heterocycles. The Morgan fingerprint density at radius 2 is 1.32 bits per heavy atom. The Balaban J connectivity index is 1.02. The van der Waals surface area contributed by atoms with E-state index in [2.05, 4.69) is 47.6 Å². The first kappa shape index (κ1) is 50.0. The summed E-state index contributed by atoms with van der Waals surface area (Å²) in [5, 5.41) is 116. The molecule has 11 N–H and O–H groups in total. The van der Waals surface area contributed by atoms with Crippen molar-refractivity contribution in [3.63, 3.8) is 0 Å². The summed E-state index contributed by atoms with van der Waals surface area (Å²) in [5.41, 5.74) is -1.23. The van der Waals surface area contributed by atoms with E-state index in [9.17, 15) is 61.0 Å². The van der Waals surface area contributed by atoms with E-state index < -0.39 is 122 Å². The van der Waals surface area contributed by atoms with Crippen molar-refractivity contribution in [1.29, 1.82) is 0 Å². The van der Waals surface area contributed by atoms with Gasteiger partial charge in [-0.15, -0.1) is 0 Å². The molecule has 18 nitrogen and oxygen atoms in total. The van der Waals surface area contributed by atoms with Crippen molar-refractivity contribution >= 4 is 5.97 Å². The smallest absolute Gasteiger partial charge is 0.315 e. The molecule has 372 valence electrons. The van der Waals surface area contributed by atoms with Gasteiger partial charge in [-0.05, 0) is 104 Å². The van der Waals surface area contributed by atoms with E-state index >= 15 is 0 Å². The number of carbonyl (C=O) groups is 1. The molecular formula is C47H76O18. The monoisotopic (exact) mass is 929 g/mol. The molecule has 8 rings (SSSR count). The summed E-state index contributed by atoms with van der Waals surface area (Å²) in [6.07, 6.45) is -12.5. The van der Waals surface area contributed by atoms with Gasteiger partial charge in [0.25, 0.3) is 0 Å². The molecule has 65 heavy (non-hydrogen) atoms. The van der Waals surface area contributed by atoms with Crippen LogP contribution in [0.2, 0.25) is 0 Å². The number of aliphatic hydroxyl groups excluding tert-OH is 11. The molecule has 0 unspecified atom stereocenters. The number of aliphatic hydroxyl groups is 11. The lowest BCUT2D eigenvalue weighted by Crippen LogP contribution is -2.67. The molecule has 18 heteroatoms. The Hall–Kier alpha value is -1.43. The van der Waals surface area contributed by atoms with Crippen LogP contribution in [-0.2, 0) is 33.2 Å². The third-order valence-corrected chi connectivity index (χ3v) is 19.0. The van der Waals surface area contributed by atoms with Crippen LogP contribution in [0.3, 0.4) is 0 Å². The average molecular weight is 929 g/mol. The van der Waals surface area contributed by atoms with Gasteiger partial charge in [-0.3, -0.25) is 4.79 Å². The number of hydrogen-bond acceptors (Lipinski definition) is 18. The SMILES string of the molecule is CC1(C)CC[C@@]2(C(=O)O[C@@H]3O[C@H](CO[C@@H]4O[C@H](CO)[C@@H](O)[C@H](O)[C@H]4O)[C@@H](O)[C@H](O)[C@H]3O)CC[C@]3(C)C(=CC[C@@H]4[C@@]5(C)CC[C@@H](O[C@@H]6OC[C@H](O)[C@H](O)[C@H]6O)[C@@](C)(CO)[C@@H]5CC[C@]43C)[C@H]2C1. The standard InChI is InChI=1S/C47H76O18/c1-42(2)13-15-47(41(59)65-40-37(58)34(55)32(53)26(63-40)20-61-38-36(57)33(54)31(52)25(18-48)62-38)16-14-45(5)22(23(47)17-42)7-8-28-43(3)11-10-29(64-39-35(56)30(51)24(50)19-60-39)44(4,21-49)27(43)9-12-46(28,45)6/h7,23-40,48-58H,8-21H2,1-6H3/t23-,24+,25-,26-,27-,28-,29-,30+,31-,32-,33+,34+,35-,36-,37-,38-,39+,40+,43+,44+,45-,46-,47-/m1/s1. The zero-order chi connectivity index (χ0) is 47.4. The van der Waals surface area contributed by atoms with Crippen molar-refractivity contribution in [2.45, 2.75) is 198 Å². The van der Waals surface area contributed by atoms with Gasteiger partial charge in [-0.25, -0.2) is 0 Å². The minimum absolute atomic E-state index is 0.0557. The number of allylic oxidation sites excluding steroid dienone is 2. The average Bonchev–Trinajstić information content (AvgIpc) is 3.26. The van der Waals surface area contributed by atoms with E-state index in [1.165, 1.54) is 5.57 Å². The highest BCUT2D eigenvalue weighted by Crippen LogP contribution is 2.76. The molecular weight excluding hydrogens is 852 g/mol.